The zero-order valence-corrected chi connectivity index (χ0v) is 13.6. The van der Waals surface area contributed by atoms with Crippen LogP contribution in [-0.4, -0.2) is 76.4 Å². The van der Waals surface area contributed by atoms with Crippen molar-refractivity contribution >= 4 is 19.1 Å². The van der Waals surface area contributed by atoms with Crippen LogP contribution in [0.4, 0.5) is 0 Å². The summed E-state index contributed by atoms with van der Waals surface area (Å²) in [6.07, 6.45) is 1.70. The van der Waals surface area contributed by atoms with Gasteiger partial charge in [0.05, 0.1) is 0 Å². The van der Waals surface area contributed by atoms with Crippen LogP contribution >= 0.6 is 7.94 Å². The molecule has 0 amide bonds. The van der Waals surface area contributed by atoms with Crippen molar-refractivity contribution in [3.8, 4) is 0 Å². The molecule has 0 aliphatic heterocycles. The molecule has 0 spiro atoms. The molecule has 2 aromatic rings. The van der Waals surface area contributed by atoms with Crippen LogP contribution in [0.1, 0.15) is 0 Å². The molecule has 2 aromatic heterocycles. The van der Waals surface area contributed by atoms with Crippen molar-refractivity contribution < 1.29 is 4.62 Å². The molecule has 8 nitrogen and oxygen atoms in total. The Morgan fingerprint density at radius 2 is 1.65 bits per heavy atom. The van der Waals surface area contributed by atoms with Crippen LogP contribution < -0.4 is 4.62 Å². The van der Waals surface area contributed by atoms with Gasteiger partial charge in [0.15, 0.2) is 0 Å². The van der Waals surface area contributed by atoms with E-state index in [0.29, 0.717) is 11.2 Å². The molecule has 0 fully saturated rings. The van der Waals surface area contributed by atoms with Crippen LogP contribution in [0.15, 0.2) is 18.3 Å². The van der Waals surface area contributed by atoms with Gasteiger partial charge in [-0.3, -0.25) is 0 Å². The van der Waals surface area contributed by atoms with E-state index in [1.54, 1.807) is 6.20 Å². The van der Waals surface area contributed by atoms with Gasteiger partial charge in [0.2, 0.25) is 5.65 Å². The maximum absolute atomic E-state index is 6.21. The third-order valence-electron chi connectivity index (χ3n) is 2.93. The average molecular weight is 298 g/mol. The summed E-state index contributed by atoms with van der Waals surface area (Å²) in [7, 11) is 9.73. The number of fused-ring (bicyclic) bond motifs is 1. The minimum Gasteiger partial charge on any atom is -0.232 e. The zero-order chi connectivity index (χ0) is 14.9. The SMILES string of the molecule is CN(C)[P+](On1nnc2cccnc21)(N(C)C)N(C)C. The molecular formula is C11H21N7OP+. The first-order valence-electron chi connectivity index (χ1n) is 6.18. The average Bonchev–Trinajstić information content (AvgIpc) is 2.77. The molecule has 0 unspecified atom stereocenters. The Morgan fingerprint density at radius 1 is 1.05 bits per heavy atom. The van der Waals surface area contributed by atoms with E-state index >= 15 is 0 Å². The minimum absolute atomic E-state index is 0.613. The molecule has 0 aliphatic rings. The number of rotatable bonds is 5. The van der Waals surface area contributed by atoms with Crippen molar-refractivity contribution in [3.05, 3.63) is 18.3 Å². The molecule has 2 rings (SSSR count). The fraction of sp³-hybridized carbons (Fsp3) is 0.545. The van der Waals surface area contributed by atoms with Gasteiger partial charge in [-0.15, -0.1) is 19.1 Å². The summed E-state index contributed by atoms with van der Waals surface area (Å²) >= 11 is 0. The third kappa shape index (κ3) is 2.35. The molecule has 0 saturated heterocycles. The van der Waals surface area contributed by atoms with Gasteiger partial charge in [0.25, 0.3) is 0 Å². The van der Waals surface area contributed by atoms with E-state index in [0.717, 1.165) is 0 Å². The summed E-state index contributed by atoms with van der Waals surface area (Å²) < 4.78 is 12.4. The van der Waals surface area contributed by atoms with E-state index in [-0.39, 0.29) is 0 Å². The van der Waals surface area contributed by atoms with Gasteiger partial charge in [0.1, 0.15) is 5.52 Å². The first-order chi connectivity index (χ1) is 9.39. The van der Waals surface area contributed by atoms with Crippen molar-refractivity contribution in [1.29, 1.82) is 0 Å². The smallest absolute Gasteiger partial charge is 0.232 e. The van der Waals surface area contributed by atoms with E-state index in [9.17, 15) is 0 Å². The summed E-state index contributed by atoms with van der Waals surface area (Å²) in [5.41, 5.74) is 1.32. The lowest BCUT2D eigenvalue weighted by Gasteiger charge is -2.35. The maximum atomic E-state index is 6.21. The molecule has 0 bridgehead atoms. The predicted octanol–water partition coefficient (Wildman–Crippen LogP) is 0.617. The van der Waals surface area contributed by atoms with Crippen molar-refractivity contribution in [2.75, 3.05) is 42.3 Å². The third-order valence-corrected chi connectivity index (χ3v) is 6.43. The first kappa shape index (κ1) is 15.1. The Labute approximate surface area is 119 Å². The number of pyridine rings is 1. The number of nitrogens with zero attached hydrogens (tertiary/aromatic N) is 7. The second-order valence-corrected chi connectivity index (χ2v) is 8.53. The Balaban J connectivity index is 2.47. The highest BCUT2D eigenvalue weighted by Crippen LogP contribution is 2.61. The molecule has 110 valence electrons. The summed E-state index contributed by atoms with van der Waals surface area (Å²) in [6.45, 7) is 0. The van der Waals surface area contributed by atoms with Crippen molar-refractivity contribution in [2.24, 2.45) is 0 Å². The maximum Gasteiger partial charge on any atom is 0.449 e. The van der Waals surface area contributed by atoms with Gasteiger partial charge in [-0.1, -0.05) is 0 Å². The quantitative estimate of drug-likeness (QED) is 0.750. The zero-order valence-electron chi connectivity index (χ0n) is 12.7. The number of hydrogen-bond donors (Lipinski definition) is 0. The summed E-state index contributed by atoms with van der Waals surface area (Å²) in [5.74, 6) is 0. The van der Waals surface area contributed by atoms with Gasteiger partial charge in [-0.05, 0) is 22.2 Å². The van der Waals surface area contributed by atoms with Crippen molar-refractivity contribution in [3.63, 3.8) is 0 Å². The highest BCUT2D eigenvalue weighted by molar-refractivity contribution is 7.64. The topological polar surface area (TPSA) is 62.6 Å². The molecule has 0 aromatic carbocycles. The lowest BCUT2D eigenvalue weighted by molar-refractivity contribution is 0.187. The Bertz CT molecular complexity index is 561. The standard InChI is InChI=1S/C11H21N7OP/c1-15(2)20(16(3)4,17(5)6)19-18-11-10(13-14-18)8-7-9-12-11/h7-9H,1-6H3/q+1. The van der Waals surface area contributed by atoms with E-state index in [4.69, 9.17) is 4.62 Å². The Kier molecular flexibility index (Phi) is 4.19. The Hall–Kier alpha value is -1.34. The van der Waals surface area contributed by atoms with Gasteiger partial charge in [-0.25, -0.2) is 4.98 Å². The van der Waals surface area contributed by atoms with Crippen LogP contribution in [0, 0.1) is 0 Å². The van der Waals surface area contributed by atoms with Gasteiger partial charge >= 0.3 is 7.94 Å². The normalized spacial score (nSPS) is 12.8. The second-order valence-electron chi connectivity index (χ2n) is 4.95. The van der Waals surface area contributed by atoms with Gasteiger partial charge in [-0.2, -0.15) is 4.62 Å². The molecule has 20 heavy (non-hydrogen) atoms. The van der Waals surface area contributed by atoms with E-state index < -0.39 is 7.94 Å². The molecule has 0 saturated carbocycles. The minimum atomic E-state index is -2.18. The fourth-order valence-electron chi connectivity index (χ4n) is 2.20. The van der Waals surface area contributed by atoms with Gasteiger partial charge < -0.3 is 0 Å². The summed E-state index contributed by atoms with van der Waals surface area (Å²) in [4.78, 5) is 5.68. The monoisotopic (exact) mass is 298 g/mol. The Morgan fingerprint density at radius 3 is 2.20 bits per heavy atom. The molecular weight excluding hydrogens is 277 g/mol. The van der Waals surface area contributed by atoms with Crippen LogP contribution in [0.25, 0.3) is 11.2 Å². The van der Waals surface area contributed by atoms with Crippen LogP contribution in [-0.2, 0) is 0 Å². The number of aromatic nitrogens is 4. The van der Waals surface area contributed by atoms with Crippen LogP contribution in [0.5, 0.6) is 0 Å². The lowest BCUT2D eigenvalue weighted by Crippen LogP contribution is -2.42. The van der Waals surface area contributed by atoms with E-state index in [1.165, 1.54) is 4.85 Å². The molecule has 9 heteroatoms. The van der Waals surface area contributed by atoms with Crippen molar-refractivity contribution in [1.82, 2.24) is 34.2 Å². The van der Waals surface area contributed by atoms with Crippen LogP contribution in [0.2, 0.25) is 0 Å². The summed E-state index contributed by atoms with van der Waals surface area (Å²) in [5, 5.41) is 8.13. The predicted molar refractivity (Wildman–Crippen MR) is 79.9 cm³/mol. The highest BCUT2D eigenvalue weighted by Gasteiger charge is 2.54. The highest BCUT2D eigenvalue weighted by atomic mass is 31.2. The van der Waals surface area contributed by atoms with E-state index in [2.05, 4.69) is 29.3 Å². The molecule has 0 atom stereocenters. The fourth-order valence-corrected chi connectivity index (χ4v) is 5.10. The molecule has 0 radical (unpaired) electrons. The molecule has 0 N–H and O–H groups in total. The van der Waals surface area contributed by atoms with Crippen molar-refractivity contribution in [2.45, 2.75) is 0 Å². The molecule has 2 heterocycles. The summed E-state index contributed by atoms with van der Waals surface area (Å²) in [6, 6.07) is 3.68. The molecule has 0 aliphatic carbocycles. The first-order valence-corrected chi connectivity index (χ1v) is 7.75. The number of hydrogen-bond acceptors (Lipinski definition) is 7. The van der Waals surface area contributed by atoms with E-state index in [1.807, 2.05) is 54.4 Å². The second kappa shape index (κ2) is 5.57. The van der Waals surface area contributed by atoms with Crippen LogP contribution in [0.3, 0.4) is 0 Å². The largest absolute Gasteiger partial charge is 0.449 e. The van der Waals surface area contributed by atoms with Gasteiger partial charge in [0, 0.05) is 48.5 Å². The lowest BCUT2D eigenvalue weighted by atomic mass is 10.4.